The number of benzene rings is 2. The van der Waals surface area contributed by atoms with Gasteiger partial charge in [0.2, 0.25) is 0 Å². The van der Waals surface area contributed by atoms with Gasteiger partial charge in [-0.25, -0.2) is 9.07 Å². The van der Waals surface area contributed by atoms with Crippen molar-refractivity contribution in [2.24, 2.45) is 5.73 Å². The van der Waals surface area contributed by atoms with E-state index < -0.39 is 11.7 Å². The highest BCUT2D eigenvalue weighted by Gasteiger charge is 2.22. The minimum absolute atomic E-state index is 0. The number of nitrogens with two attached hydrogens (primary N) is 2. The van der Waals surface area contributed by atoms with E-state index in [1.807, 2.05) is 13.8 Å². The number of rotatable bonds is 6. The van der Waals surface area contributed by atoms with Crippen LogP contribution in [0, 0.1) is 12.7 Å². The van der Waals surface area contributed by atoms with Crippen LogP contribution in [0.1, 0.15) is 64.9 Å². The highest BCUT2D eigenvalue weighted by molar-refractivity contribution is 5.97. The molecule has 0 unspecified atom stereocenters. The number of nitrogens with one attached hydrogen (secondary N) is 1. The summed E-state index contributed by atoms with van der Waals surface area (Å²) in [6, 6.07) is 11.2. The highest BCUT2D eigenvalue weighted by Crippen LogP contribution is 2.26. The smallest absolute Gasteiger partial charge is 0.269 e. The zero-order valence-electron chi connectivity index (χ0n) is 17.1. The third-order valence-corrected chi connectivity index (χ3v) is 4.81. The maximum atomic E-state index is 13.4. The average molecular weight is 426 g/mol. The number of halogens is 1. The lowest BCUT2D eigenvalue weighted by Crippen LogP contribution is -2.23. The molecule has 5 N–H and O–H groups in total. The summed E-state index contributed by atoms with van der Waals surface area (Å²) in [5, 5.41) is 7.23. The molecule has 0 saturated carbocycles. The lowest BCUT2D eigenvalue weighted by molar-refractivity contribution is 0.0948. The minimum atomic E-state index is -0.659. The molecule has 8 heteroatoms. The standard InChI is InChI=1S/C22H24FN5O2.CH4/c1-12(2)19-18(24)20(21(25)29)28(27-19)16-8-5-14(6-9-16)11-26-22(30)17-10-15(23)7-4-13(17)3;/h4-10,12H,11,24H2,1-3H3,(H2,25,29)(H,26,30);1H4. The van der Waals surface area contributed by atoms with Crippen molar-refractivity contribution in [3.05, 3.63) is 76.4 Å². The minimum Gasteiger partial charge on any atom is -0.395 e. The van der Waals surface area contributed by atoms with Crippen molar-refractivity contribution < 1.29 is 14.0 Å². The topological polar surface area (TPSA) is 116 Å². The Morgan fingerprint density at radius 3 is 2.39 bits per heavy atom. The first-order chi connectivity index (χ1) is 14.2. The van der Waals surface area contributed by atoms with E-state index in [1.165, 1.54) is 16.8 Å². The Bertz CT molecular complexity index is 1100. The molecule has 0 aliphatic carbocycles. The third-order valence-electron chi connectivity index (χ3n) is 4.81. The molecule has 2 aromatic carbocycles. The maximum Gasteiger partial charge on any atom is 0.269 e. The van der Waals surface area contributed by atoms with Crippen molar-refractivity contribution in [2.75, 3.05) is 5.73 Å². The zero-order chi connectivity index (χ0) is 22.0. The van der Waals surface area contributed by atoms with Gasteiger partial charge in [0.25, 0.3) is 11.8 Å². The number of carbonyl (C=O) groups excluding carboxylic acids is 2. The molecule has 0 aliphatic heterocycles. The number of hydrogen-bond acceptors (Lipinski definition) is 4. The molecule has 0 radical (unpaired) electrons. The van der Waals surface area contributed by atoms with Crippen molar-refractivity contribution in [3.63, 3.8) is 0 Å². The van der Waals surface area contributed by atoms with E-state index in [0.717, 1.165) is 5.56 Å². The lowest BCUT2D eigenvalue weighted by atomic mass is 10.1. The molecule has 7 nitrogen and oxygen atoms in total. The summed E-state index contributed by atoms with van der Waals surface area (Å²) >= 11 is 0. The van der Waals surface area contributed by atoms with E-state index in [4.69, 9.17) is 11.5 Å². The van der Waals surface area contributed by atoms with Crippen molar-refractivity contribution >= 4 is 17.5 Å². The second-order valence-electron chi connectivity index (χ2n) is 7.39. The van der Waals surface area contributed by atoms with Gasteiger partial charge in [0.15, 0.2) is 5.69 Å². The number of nitrogen functional groups attached to an aromatic ring is 1. The molecule has 0 spiro atoms. The van der Waals surface area contributed by atoms with Gasteiger partial charge in [0.05, 0.1) is 17.1 Å². The van der Waals surface area contributed by atoms with Crippen LogP contribution >= 0.6 is 0 Å². The number of primary amides is 1. The quantitative estimate of drug-likeness (QED) is 0.558. The van der Waals surface area contributed by atoms with Gasteiger partial charge in [-0.15, -0.1) is 0 Å². The summed E-state index contributed by atoms with van der Waals surface area (Å²) in [6.45, 7) is 5.87. The van der Waals surface area contributed by atoms with E-state index in [-0.39, 0.29) is 37.2 Å². The molecule has 0 saturated heterocycles. The first-order valence-corrected chi connectivity index (χ1v) is 9.51. The Morgan fingerprint density at radius 2 is 1.81 bits per heavy atom. The van der Waals surface area contributed by atoms with Crippen molar-refractivity contribution in [3.8, 4) is 5.69 Å². The Kier molecular flexibility index (Phi) is 7.17. The number of carbonyl (C=O) groups is 2. The number of aromatic nitrogens is 2. The highest BCUT2D eigenvalue weighted by atomic mass is 19.1. The molecule has 3 aromatic rings. The molecule has 0 atom stereocenters. The summed E-state index contributed by atoms with van der Waals surface area (Å²) in [5.74, 6) is -1.44. The normalized spacial score (nSPS) is 10.6. The number of hydrogen-bond donors (Lipinski definition) is 3. The van der Waals surface area contributed by atoms with Crippen molar-refractivity contribution in [1.82, 2.24) is 15.1 Å². The van der Waals surface area contributed by atoms with E-state index in [9.17, 15) is 14.0 Å². The van der Waals surface area contributed by atoms with Crippen LogP contribution in [-0.2, 0) is 6.54 Å². The SMILES string of the molecule is C.Cc1ccc(F)cc1C(=O)NCc1ccc(-n2nc(C(C)C)c(N)c2C(N)=O)cc1. The summed E-state index contributed by atoms with van der Waals surface area (Å²) in [4.78, 5) is 24.2. The zero-order valence-corrected chi connectivity index (χ0v) is 17.1. The molecular weight excluding hydrogens is 397 g/mol. The molecule has 1 aromatic heterocycles. The number of nitrogens with zero attached hydrogens (tertiary/aromatic N) is 2. The Hall–Kier alpha value is -3.68. The molecule has 1 heterocycles. The Labute approximate surface area is 181 Å². The molecule has 0 bridgehead atoms. The van der Waals surface area contributed by atoms with Crippen LogP contribution in [0.15, 0.2) is 42.5 Å². The first-order valence-electron chi connectivity index (χ1n) is 9.51. The first kappa shape index (κ1) is 23.6. The van der Waals surface area contributed by atoms with Crippen LogP contribution in [0.4, 0.5) is 10.1 Å². The molecule has 164 valence electrons. The summed E-state index contributed by atoms with van der Waals surface area (Å²) < 4.78 is 14.9. The fourth-order valence-electron chi connectivity index (χ4n) is 3.17. The lowest BCUT2D eigenvalue weighted by Gasteiger charge is -2.09. The van der Waals surface area contributed by atoms with Gasteiger partial charge in [0, 0.05) is 12.1 Å². The number of amides is 2. The second kappa shape index (κ2) is 9.42. The fourth-order valence-corrected chi connectivity index (χ4v) is 3.17. The van der Waals surface area contributed by atoms with Crippen LogP contribution in [0.2, 0.25) is 0 Å². The van der Waals surface area contributed by atoms with Gasteiger partial charge in [-0.1, -0.05) is 39.5 Å². The van der Waals surface area contributed by atoms with Crippen molar-refractivity contribution in [1.29, 1.82) is 0 Å². The van der Waals surface area contributed by atoms with E-state index >= 15 is 0 Å². The molecule has 31 heavy (non-hydrogen) atoms. The van der Waals surface area contributed by atoms with Crippen LogP contribution in [0.3, 0.4) is 0 Å². The molecule has 3 rings (SSSR count). The monoisotopic (exact) mass is 425 g/mol. The molecular formula is C23H28FN5O2. The molecule has 2 amide bonds. The predicted octanol–water partition coefficient (Wildman–Crippen LogP) is 3.69. The van der Waals surface area contributed by atoms with E-state index in [0.29, 0.717) is 22.5 Å². The van der Waals surface area contributed by atoms with Gasteiger partial charge in [-0.05, 0) is 48.2 Å². The van der Waals surface area contributed by atoms with E-state index in [1.54, 1.807) is 37.3 Å². The summed E-state index contributed by atoms with van der Waals surface area (Å²) in [6.07, 6.45) is 0. The second-order valence-corrected chi connectivity index (χ2v) is 7.39. The van der Waals surface area contributed by atoms with Gasteiger partial charge in [0.1, 0.15) is 5.82 Å². The Morgan fingerprint density at radius 1 is 1.16 bits per heavy atom. The van der Waals surface area contributed by atoms with Gasteiger partial charge < -0.3 is 16.8 Å². The van der Waals surface area contributed by atoms with E-state index in [2.05, 4.69) is 10.4 Å². The number of aryl methyl sites for hydroxylation is 1. The fraction of sp³-hybridized carbons (Fsp3) is 0.261. The van der Waals surface area contributed by atoms with Crippen LogP contribution < -0.4 is 16.8 Å². The van der Waals surface area contributed by atoms with Crippen LogP contribution in [-0.4, -0.2) is 21.6 Å². The molecule has 0 fully saturated rings. The largest absolute Gasteiger partial charge is 0.395 e. The maximum absolute atomic E-state index is 13.4. The van der Waals surface area contributed by atoms with Crippen LogP contribution in [0.5, 0.6) is 0 Å². The summed E-state index contributed by atoms with van der Waals surface area (Å²) in [7, 11) is 0. The van der Waals surface area contributed by atoms with Gasteiger partial charge >= 0.3 is 0 Å². The van der Waals surface area contributed by atoms with Crippen LogP contribution in [0.25, 0.3) is 5.69 Å². The number of anilines is 1. The molecule has 0 aliphatic rings. The predicted molar refractivity (Wildman–Crippen MR) is 120 cm³/mol. The summed E-state index contributed by atoms with van der Waals surface area (Å²) in [5.41, 5.74) is 15.0. The Balaban J connectivity index is 0.00000341. The third kappa shape index (κ3) is 4.91. The average Bonchev–Trinajstić information content (AvgIpc) is 3.06. The van der Waals surface area contributed by atoms with Crippen molar-refractivity contribution in [2.45, 2.75) is 40.7 Å². The van der Waals surface area contributed by atoms with Gasteiger partial charge in [-0.3, -0.25) is 9.59 Å². The van der Waals surface area contributed by atoms with Gasteiger partial charge in [-0.2, -0.15) is 5.10 Å².